The summed E-state index contributed by atoms with van der Waals surface area (Å²) in [5, 5.41) is 11.4. The SMILES string of the molecule is Cl.NC(C(=O)Nc1ccc(C(=O)O)cc1)c1ccccc1. The molecule has 1 atom stereocenters. The van der Waals surface area contributed by atoms with Crippen LogP contribution < -0.4 is 11.1 Å². The zero-order valence-electron chi connectivity index (χ0n) is 11.0. The lowest BCUT2D eigenvalue weighted by molar-refractivity contribution is -0.117. The molecule has 0 aliphatic heterocycles. The highest BCUT2D eigenvalue weighted by atomic mass is 35.5. The van der Waals surface area contributed by atoms with Crippen molar-refractivity contribution in [3.05, 3.63) is 65.7 Å². The van der Waals surface area contributed by atoms with E-state index < -0.39 is 12.0 Å². The molecule has 0 saturated heterocycles. The average Bonchev–Trinajstić information content (AvgIpc) is 2.48. The molecule has 0 aliphatic carbocycles. The Bertz CT molecular complexity index is 615. The van der Waals surface area contributed by atoms with Crippen LogP contribution in [0.1, 0.15) is 22.0 Å². The minimum Gasteiger partial charge on any atom is -0.478 e. The van der Waals surface area contributed by atoms with Gasteiger partial charge in [-0.1, -0.05) is 30.3 Å². The first-order chi connectivity index (χ1) is 9.58. The number of halogens is 1. The highest BCUT2D eigenvalue weighted by molar-refractivity contribution is 5.96. The number of nitrogens with one attached hydrogen (secondary N) is 1. The predicted octanol–water partition coefficient (Wildman–Crippen LogP) is 2.45. The third kappa shape index (κ3) is 4.30. The molecule has 2 aromatic rings. The van der Waals surface area contributed by atoms with Crippen molar-refractivity contribution in [2.75, 3.05) is 5.32 Å². The number of carbonyl (C=O) groups is 2. The molecule has 0 heterocycles. The van der Waals surface area contributed by atoms with Gasteiger partial charge in [0.2, 0.25) is 5.91 Å². The standard InChI is InChI=1S/C15H14N2O3.ClH/c16-13(10-4-2-1-3-5-10)14(18)17-12-8-6-11(7-9-12)15(19)20;/h1-9,13H,16H2,(H,17,18)(H,19,20);1H. The van der Waals surface area contributed by atoms with Crippen LogP contribution in [0.4, 0.5) is 5.69 Å². The van der Waals surface area contributed by atoms with Crippen molar-refractivity contribution in [2.24, 2.45) is 5.73 Å². The van der Waals surface area contributed by atoms with E-state index in [1.165, 1.54) is 24.3 Å². The molecule has 21 heavy (non-hydrogen) atoms. The largest absolute Gasteiger partial charge is 0.478 e. The van der Waals surface area contributed by atoms with E-state index in [2.05, 4.69) is 5.32 Å². The van der Waals surface area contributed by atoms with E-state index >= 15 is 0 Å². The molecular weight excluding hydrogens is 292 g/mol. The molecule has 6 heteroatoms. The molecule has 5 nitrogen and oxygen atoms in total. The first kappa shape index (κ1) is 16.7. The lowest BCUT2D eigenvalue weighted by Gasteiger charge is -2.12. The summed E-state index contributed by atoms with van der Waals surface area (Å²) in [6, 6.07) is 14.1. The lowest BCUT2D eigenvalue weighted by Crippen LogP contribution is -2.27. The van der Waals surface area contributed by atoms with Gasteiger partial charge in [-0.3, -0.25) is 4.79 Å². The topological polar surface area (TPSA) is 92.4 Å². The third-order valence-corrected chi connectivity index (χ3v) is 2.84. The fourth-order valence-corrected chi connectivity index (χ4v) is 1.73. The Morgan fingerprint density at radius 1 is 1.00 bits per heavy atom. The quantitative estimate of drug-likeness (QED) is 0.809. The Morgan fingerprint density at radius 3 is 2.10 bits per heavy atom. The molecule has 2 rings (SSSR count). The molecule has 1 unspecified atom stereocenters. The van der Waals surface area contributed by atoms with Gasteiger partial charge in [-0.2, -0.15) is 0 Å². The van der Waals surface area contributed by atoms with Gasteiger partial charge in [-0.15, -0.1) is 12.4 Å². The lowest BCUT2D eigenvalue weighted by atomic mass is 10.1. The minimum absolute atomic E-state index is 0. The van der Waals surface area contributed by atoms with Gasteiger partial charge in [0.05, 0.1) is 5.56 Å². The highest BCUT2D eigenvalue weighted by Crippen LogP contribution is 2.14. The molecule has 0 spiro atoms. The van der Waals surface area contributed by atoms with Gasteiger partial charge in [-0.05, 0) is 29.8 Å². The van der Waals surface area contributed by atoms with Crippen molar-refractivity contribution < 1.29 is 14.7 Å². The second kappa shape index (κ2) is 7.42. The first-order valence-corrected chi connectivity index (χ1v) is 6.02. The summed E-state index contributed by atoms with van der Waals surface area (Å²) in [6.45, 7) is 0. The fourth-order valence-electron chi connectivity index (χ4n) is 1.73. The van der Waals surface area contributed by atoms with Crippen LogP contribution in [-0.2, 0) is 4.79 Å². The van der Waals surface area contributed by atoms with Gasteiger partial charge in [0.15, 0.2) is 0 Å². The zero-order valence-corrected chi connectivity index (χ0v) is 11.8. The van der Waals surface area contributed by atoms with Crippen LogP contribution in [0.3, 0.4) is 0 Å². The molecule has 0 saturated carbocycles. The van der Waals surface area contributed by atoms with E-state index in [1.807, 2.05) is 18.2 Å². The first-order valence-electron chi connectivity index (χ1n) is 6.02. The van der Waals surface area contributed by atoms with Gasteiger partial charge in [-0.25, -0.2) is 4.79 Å². The van der Waals surface area contributed by atoms with Crippen LogP contribution in [0.2, 0.25) is 0 Å². The van der Waals surface area contributed by atoms with Crippen LogP contribution >= 0.6 is 12.4 Å². The molecule has 0 fully saturated rings. The molecule has 1 amide bonds. The normalized spacial score (nSPS) is 11.1. The third-order valence-electron chi connectivity index (χ3n) is 2.84. The number of anilines is 1. The predicted molar refractivity (Wildman–Crippen MR) is 82.6 cm³/mol. The Morgan fingerprint density at radius 2 is 1.57 bits per heavy atom. The number of rotatable bonds is 4. The number of carbonyl (C=O) groups excluding carboxylic acids is 1. The maximum atomic E-state index is 12.0. The van der Waals surface area contributed by atoms with E-state index in [4.69, 9.17) is 10.8 Å². The second-order valence-electron chi connectivity index (χ2n) is 4.26. The molecule has 0 bridgehead atoms. The van der Waals surface area contributed by atoms with E-state index in [0.717, 1.165) is 0 Å². The number of hydrogen-bond donors (Lipinski definition) is 3. The van der Waals surface area contributed by atoms with Gasteiger partial charge in [0, 0.05) is 5.69 Å². The van der Waals surface area contributed by atoms with Crippen molar-refractivity contribution >= 4 is 30.0 Å². The molecule has 4 N–H and O–H groups in total. The summed E-state index contributed by atoms with van der Waals surface area (Å²) in [4.78, 5) is 22.7. The Labute approximate surface area is 128 Å². The summed E-state index contributed by atoms with van der Waals surface area (Å²) in [7, 11) is 0. The summed E-state index contributed by atoms with van der Waals surface area (Å²) in [5.41, 5.74) is 7.24. The molecule has 2 aromatic carbocycles. The average molecular weight is 307 g/mol. The molecular formula is C15H15ClN2O3. The number of carboxylic acid groups (broad SMARTS) is 1. The Hall–Kier alpha value is -2.37. The minimum atomic E-state index is -1.01. The van der Waals surface area contributed by atoms with Crippen LogP contribution in [0.15, 0.2) is 54.6 Å². The summed E-state index contributed by atoms with van der Waals surface area (Å²) in [6.07, 6.45) is 0. The Balaban J connectivity index is 0.00000220. The summed E-state index contributed by atoms with van der Waals surface area (Å²) < 4.78 is 0. The molecule has 0 aromatic heterocycles. The van der Waals surface area contributed by atoms with Crippen LogP contribution in [-0.4, -0.2) is 17.0 Å². The molecule has 110 valence electrons. The number of carboxylic acids is 1. The monoisotopic (exact) mass is 306 g/mol. The van der Waals surface area contributed by atoms with Gasteiger partial charge in [0.25, 0.3) is 0 Å². The summed E-state index contributed by atoms with van der Waals surface area (Å²) in [5.74, 6) is -1.36. The van der Waals surface area contributed by atoms with Crippen LogP contribution in [0.5, 0.6) is 0 Å². The van der Waals surface area contributed by atoms with Crippen molar-refractivity contribution in [2.45, 2.75) is 6.04 Å². The van der Waals surface area contributed by atoms with Gasteiger partial charge >= 0.3 is 5.97 Å². The fraction of sp³-hybridized carbons (Fsp3) is 0.0667. The number of aromatic carboxylic acids is 1. The van der Waals surface area contributed by atoms with Crippen molar-refractivity contribution in [3.8, 4) is 0 Å². The van der Waals surface area contributed by atoms with E-state index in [0.29, 0.717) is 11.3 Å². The maximum absolute atomic E-state index is 12.0. The van der Waals surface area contributed by atoms with Crippen molar-refractivity contribution in [1.29, 1.82) is 0 Å². The van der Waals surface area contributed by atoms with E-state index in [1.54, 1.807) is 12.1 Å². The van der Waals surface area contributed by atoms with Crippen molar-refractivity contribution in [1.82, 2.24) is 0 Å². The maximum Gasteiger partial charge on any atom is 0.335 e. The highest BCUT2D eigenvalue weighted by Gasteiger charge is 2.15. The molecule has 0 aliphatic rings. The Kier molecular flexibility index (Phi) is 5.90. The number of nitrogens with two attached hydrogens (primary N) is 1. The van der Waals surface area contributed by atoms with E-state index in [-0.39, 0.29) is 23.9 Å². The van der Waals surface area contributed by atoms with Crippen molar-refractivity contribution in [3.63, 3.8) is 0 Å². The number of benzene rings is 2. The van der Waals surface area contributed by atoms with Gasteiger partial charge in [0.1, 0.15) is 6.04 Å². The zero-order chi connectivity index (χ0) is 14.5. The van der Waals surface area contributed by atoms with Crippen LogP contribution in [0.25, 0.3) is 0 Å². The second-order valence-corrected chi connectivity index (χ2v) is 4.26. The molecule has 0 radical (unpaired) electrons. The number of amides is 1. The van der Waals surface area contributed by atoms with E-state index in [9.17, 15) is 9.59 Å². The van der Waals surface area contributed by atoms with Gasteiger partial charge < -0.3 is 16.2 Å². The summed E-state index contributed by atoms with van der Waals surface area (Å²) >= 11 is 0. The smallest absolute Gasteiger partial charge is 0.335 e. The number of hydrogen-bond acceptors (Lipinski definition) is 3. The van der Waals surface area contributed by atoms with Crippen LogP contribution in [0, 0.1) is 0 Å².